The maximum absolute atomic E-state index is 6.02. The topological polar surface area (TPSA) is 74.3 Å². The zero-order chi connectivity index (χ0) is 13.9. The average Bonchev–Trinajstić information content (AvgIpc) is 2.85. The highest BCUT2D eigenvalue weighted by Gasteiger charge is 2.14. The molecule has 6 heteroatoms. The first-order valence-corrected chi connectivity index (χ1v) is 6.64. The first-order valence-electron chi connectivity index (χ1n) is 6.64. The molecule has 0 saturated carbocycles. The monoisotopic (exact) mass is 274 g/mol. The highest BCUT2D eigenvalue weighted by molar-refractivity contribution is 5.72. The summed E-state index contributed by atoms with van der Waals surface area (Å²) in [4.78, 5) is 0. The van der Waals surface area contributed by atoms with Crippen LogP contribution in [0.3, 0.4) is 0 Å². The number of benzene rings is 1. The molecule has 2 heterocycles. The van der Waals surface area contributed by atoms with Gasteiger partial charge in [0, 0.05) is 44.0 Å². The normalized spacial score (nSPS) is 13.2. The van der Waals surface area contributed by atoms with Gasteiger partial charge >= 0.3 is 0 Å². The molecule has 0 aliphatic carbocycles. The van der Waals surface area contributed by atoms with Crippen LogP contribution >= 0.6 is 0 Å². The number of hydrogen-bond acceptors (Lipinski definition) is 5. The first-order chi connectivity index (χ1) is 9.74. The van der Waals surface area contributed by atoms with Crippen molar-refractivity contribution in [1.29, 1.82) is 0 Å². The van der Waals surface area contributed by atoms with Gasteiger partial charge in [0.25, 0.3) is 0 Å². The molecule has 3 N–H and O–H groups in total. The number of rotatable bonds is 4. The molecule has 0 fully saturated rings. The quantitative estimate of drug-likeness (QED) is 0.825. The minimum absolute atomic E-state index is 0.569. The Bertz CT molecular complexity index is 609. The lowest BCUT2D eigenvalue weighted by Gasteiger charge is -2.20. The summed E-state index contributed by atoms with van der Waals surface area (Å²) in [6.07, 6.45) is 2.68. The second-order valence-corrected chi connectivity index (χ2v) is 4.71. The van der Waals surface area contributed by atoms with Crippen molar-refractivity contribution in [2.24, 2.45) is 7.05 Å². The van der Waals surface area contributed by atoms with Crippen LogP contribution in [0.4, 0.5) is 11.4 Å². The maximum Gasteiger partial charge on any atom is 0.163 e. The molecule has 0 atom stereocenters. The van der Waals surface area contributed by atoms with E-state index in [0.29, 0.717) is 24.7 Å². The maximum atomic E-state index is 6.02. The number of nitrogens with two attached hydrogens (primary N) is 1. The van der Waals surface area contributed by atoms with Crippen LogP contribution in [0.25, 0.3) is 0 Å². The Morgan fingerprint density at radius 2 is 2.05 bits per heavy atom. The summed E-state index contributed by atoms with van der Waals surface area (Å²) in [5.41, 5.74) is 8.73. The second-order valence-electron chi connectivity index (χ2n) is 4.71. The highest BCUT2D eigenvalue weighted by atomic mass is 16.6. The van der Waals surface area contributed by atoms with Gasteiger partial charge in [-0.05, 0) is 6.07 Å². The van der Waals surface area contributed by atoms with Crippen LogP contribution in [-0.2, 0) is 13.5 Å². The van der Waals surface area contributed by atoms with Gasteiger partial charge in [-0.25, -0.2) is 0 Å². The molecule has 0 radical (unpaired) electrons. The fourth-order valence-corrected chi connectivity index (χ4v) is 2.23. The minimum Gasteiger partial charge on any atom is -0.486 e. The van der Waals surface area contributed by atoms with Crippen LogP contribution in [0.1, 0.15) is 5.69 Å². The van der Waals surface area contributed by atoms with Crippen molar-refractivity contribution in [3.63, 3.8) is 0 Å². The van der Waals surface area contributed by atoms with Gasteiger partial charge in [-0.2, -0.15) is 5.10 Å². The Morgan fingerprint density at radius 3 is 2.75 bits per heavy atom. The van der Waals surface area contributed by atoms with Crippen LogP contribution < -0.4 is 20.5 Å². The highest BCUT2D eigenvalue weighted by Crippen LogP contribution is 2.36. The van der Waals surface area contributed by atoms with Gasteiger partial charge in [0.05, 0.1) is 11.4 Å². The number of nitrogens with one attached hydrogen (secondary N) is 1. The third-order valence-corrected chi connectivity index (χ3v) is 3.33. The number of anilines is 2. The number of aromatic nitrogens is 2. The predicted molar refractivity (Wildman–Crippen MR) is 77.2 cm³/mol. The van der Waals surface area contributed by atoms with Crippen molar-refractivity contribution >= 4 is 11.4 Å². The van der Waals surface area contributed by atoms with Crippen molar-refractivity contribution < 1.29 is 9.47 Å². The molecule has 6 nitrogen and oxygen atoms in total. The van der Waals surface area contributed by atoms with Crippen molar-refractivity contribution in [2.45, 2.75) is 6.42 Å². The van der Waals surface area contributed by atoms with Crippen molar-refractivity contribution in [1.82, 2.24) is 9.78 Å². The summed E-state index contributed by atoms with van der Waals surface area (Å²) in [6.45, 7) is 1.93. The SMILES string of the molecule is Cn1nccc1CCNc1cc2c(cc1N)OCCO2. The van der Waals surface area contributed by atoms with E-state index < -0.39 is 0 Å². The number of ether oxygens (including phenoxy) is 2. The van der Waals surface area contributed by atoms with Gasteiger partial charge in [0.2, 0.25) is 0 Å². The van der Waals surface area contributed by atoms with Crippen LogP contribution in [-0.4, -0.2) is 29.5 Å². The molecule has 2 aromatic rings. The van der Waals surface area contributed by atoms with Gasteiger partial charge in [-0.1, -0.05) is 0 Å². The lowest BCUT2D eigenvalue weighted by atomic mass is 10.2. The summed E-state index contributed by atoms with van der Waals surface area (Å²) in [5, 5.41) is 7.47. The molecule has 1 aromatic heterocycles. The van der Waals surface area contributed by atoms with Crippen LogP contribution in [0.2, 0.25) is 0 Å². The molecule has 0 amide bonds. The van der Waals surface area contributed by atoms with Gasteiger partial charge in [-0.15, -0.1) is 0 Å². The summed E-state index contributed by atoms with van der Waals surface area (Å²) < 4.78 is 12.9. The largest absolute Gasteiger partial charge is 0.486 e. The van der Waals surface area contributed by atoms with E-state index in [1.165, 1.54) is 5.69 Å². The molecule has 1 aliphatic heterocycles. The van der Waals surface area contributed by atoms with E-state index in [-0.39, 0.29) is 0 Å². The predicted octanol–water partition coefficient (Wildman–Crippen LogP) is 1.43. The van der Waals surface area contributed by atoms with E-state index in [4.69, 9.17) is 15.2 Å². The standard InChI is InChI=1S/C14H18N4O2/c1-18-10(3-5-17-18)2-4-16-12-9-14-13(8-11(12)15)19-6-7-20-14/h3,5,8-9,16H,2,4,6-7,15H2,1H3. The third kappa shape index (κ3) is 2.49. The van der Waals surface area contributed by atoms with Gasteiger partial charge < -0.3 is 20.5 Å². The van der Waals surface area contributed by atoms with Gasteiger partial charge in [0.1, 0.15) is 13.2 Å². The molecular weight excluding hydrogens is 256 g/mol. The number of fused-ring (bicyclic) bond motifs is 1. The van der Waals surface area contributed by atoms with E-state index in [1.54, 1.807) is 12.3 Å². The Labute approximate surface area is 117 Å². The van der Waals surface area contributed by atoms with Gasteiger partial charge in [0.15, 0.2) is 11.5 Å². The molecule has 106 valence electrons. The molecule has 0 spiro atoms. The molecule has 0 bridgehead atoms. The van der Waals surface area contributed by atoms with Gasteiger partial charge in [-0.3, -0.25) is 4.68 Å². The second kappa shape index (κ2) is 5.32. The molecule has 0 saturated heterocycles. The zero-order valence-corrected chi connectivity index (χ0v) is 11.4. The Kier molecular flexibility index (Phi) is 3.37. The van der Waals surface area contributed by atoms with Crippen molar-refractivity contribution in [3.05, 3.63) is 30.1 Å². The molecule has 0 unspecified atom stereocenters. The number of aryl methyl sites for hydroxylation is 1. The number of hydrogen-bond donors (Lipinski definition) is 2. The lowest BCUT2D eigenvalue weighted by Crippen LogP contribution is -2.16. The van der Waals surface area contributed by atoms with Crippen LogP contribution in [0.15, 0.2) is 24.4 Å². The van der Waals surface area contributed by atoms with E-state index in [1.807, 2.05) is 23.9 Å². The fourth-order valence-electron chi connectivity index (χ4n) is 2.23. The smallest absolute Gasteiger partial charge is 0.163 e. The summed E-state index contributed by atoms with van der Waals surface area (Å²) in [7, 11) is 1.94. The lowest BCUT2D eigenvalue weighted by molar-refractivity contribution is 0.172. The van der Waals surface area contributed by atoms with E-state index in [2.05, 4.69) is 10.4 Å². The van der Waals surface area contributed by atoms with E-state index in [9.17, 15) is 0 Å². The zero-order valence-electron chi connectivity index (χ0n) is 11.4. The summed E-state index contributed by atoms with van der Waals surface area (Å²) in [5.74, 6) is 1.46. The van der Waals surface area contributed by atoms with E-state index >= 15 is 0 Å². The molecular formula is C14H18N4O2. The molecule has 3 rings (SSSR count). The van der Waals surface area contributed by atoms with Crippen molar-refractivity contribution in [3.8, 4) is 11.5 Å². The Morgan fingerprint density at radius 1 is 1.30 bits per heavy atom. The average molecular weight is 274 g/mol. The molecule has 1 aliphatic rings. The van der Waals surface area contributed by atoms with Crippen molar-refractivity contribution in [2.75, 3.05) is 30.8 Å². The van der Waals surface area contributed by atoms with Crippen LogP contribution in [0, 0.1) is 0 Å². The summed E-state index contributed by atoms with van der Waals surface area (Å²) >= 11 is 0. The number of nitrogens with zero attached hydrogens (tertiary/aromatic N) is 2. The van der Waals surface area contributed by atoms with Crippen LogP contribution in [0.5, 0.6) is 11.5 Å². The fraction of sp³-hybridized carbons (Fsp3) is 0.357. The number of nitrogen functional groups attached to an aromatic ring is 1. The first kappa shape index (κ1) is 12.7. The Balaban J connectivity index is 1.67. The molecule has 20 heavy (non-hydrogen) atoms. The Hall–Kier alpha value is -2.37. The minimum atomic E-state index is 0.569. The van der Waals surface area contributed by atoms with E-state index in [0.717, 1.165) is 24.4 Å². The molecule has 1 aromatic carbocycles. The summed E-state index contributed by atoms with van der Waals surface area (Å²) in [6, 6.07) is 5.71. The third-order valence-electron chi connectivity index (χ3n) is 3.33.